The fraction of sp³-hybridized carbons (Fsp3) is 0.500. The molecule has 19 heavy (non-hydrogen) atoms. The monoisotopic (exact) mass is 362 g/mol. The van der Waals surface area contributed by atoms with Crippen LogP contribution in [0, 0.1) is 0 Å². The molecule has 0 aliphatic carbocycles. The van der Waals surface area contributed by atoms with Gasteiger partial charge in [-0.2, -0.15) is 0 Å². The normalized spacial score (nSPS) is 9.32. The number of hydrogen-bond acceptors (Lipinski definition) is 9. The van der Waals surface area contributed by atoms with E-state index in [-0.39, 0.29) is 59.1 Å². The Labute approximate surface area is 157 Å². The minimum absolute atomic E-state index is 0. The Morgan fingerprint density at radius 2 is 1.16 bits per heavy atom. The van der Waals surface area contributed by atoms with Crippen LogP contribution in [0.15, 0.2) is 0 Å². The molecular weight excluding hydrogens is 353 g/mol. The molecule has 0 aliphatic heterocycles. The Balaban J connectivity index is -0.000000165. The number of aliphatic hydroxyl groups is 1. The summed E-state index contributed by atoms with van der Waals surface area (Å²) >= 11 is -3.19. The third kappa shape index (κ3) is 18.8. The van der Waals surface area contributed by atoms with Gasteiger partial charge in [-0.3, -0.25) is 0 Å². The molecule has 0 saturated heterocycles. The van der Waals surface area contributed by atoms with Crippen molar-refractivity contribution in [2.75, 3.05) is 0 Å². The summed E-state index contributed by atoms with van der Waals surface area (Å²) in [5.41, 5.74) is -2.86. The van der Waals surface area contributed by atoms with Gasteiger partial charge in [0.05, 0.1) is 0 Å². The second kappa shape index (κ2) is 13.8. The Morgan fingerprint density at radius 3 is 1.26 bits per heavy atom. The molecule has 0 radical (unpaired) electrons. The number of carbonyl (C=O) groups excluding carboxylic acids is 2. The SMILES string of the molecule is O=C([O-])CC(O)(CC(=O)[O-])C(=O)O.O[As](O)O.[Na+].[Na+]. The van der Waals surface area contributed by atoms with E-state index in [1.165, 1.54) is 0 Å². The quantitative estimate of drug-likeness (QED) is 0.293. The molecule has 100 valence electrons. The van der Waals surface area contributed by atoms with E-state index in [1.54, 1.807) is 0 Å². The Bertz CT molecular complexity index is 277. The van der Waals surface area contributed by atoms with Gasteiger partial charge in [-0.05, 0) is 0 Å². The van der Waals surface area contributed by atoms with Gasteiger partial charge in [0.25, 0.3) is 0 Å². The molecule has 0 aromatic heterocycles. The van der Waals surface area contributed by atoms with E-state index >= 15 is 0 Å². The number of carboxylic acids is 3. The predicted molar refractivity (Wildman–Crippen MR) is 44.2 cm³/mol. The average molecular weight is 362 g/mol. The molecule has 0 amide bonds. The van der Waals surface area contributed by atoms with Gasteiger partial charge in [0.1, 0.15) is 0 Å². The van der Waals surface area contributed by atoms with Crippen molar-refractivity contribution < 1.29 is 106 Å². The Hall–Kier alpha value is 0.808. The predicted octanol–water partition coefficient (Wildman–Crippen LogP) is -12.0. The molecule has 0 unspecified atom stereocenters. The van der Waals surface area contributed by atoms with Crippen LogP contribution in [0.3, 0.4) is 0 Å². The largest absolute Gasteiger partial charge is 1.00 e. The molecular formula is C6H9AsNa2O10. The Morgan fingerprint density at radius 1 is 0.947 bits per heavy atom. The van der Waals surface area contributed by atoms with Crippen molar-refractivity contribution >= 4 is 33.6 Å². The molecule has 0 saturated carbocycles. The maximum Gasteiger partial charge on any atom is 1.00 e. The van der Waals surface area contributed by atoms with Crippen molar-refractivity contribution in [3.63, 3.8) is 0 Å². The first-order valence-corrected chi connectivity index (χ1v) is 6.25. The summed E-state index contributed by atoms with van der Waals surface area (Å²) in [7, 11) is 0. The maximum atomic E-state index is 10.3. The second-order valence-corrected chi connectivity index (χ2v) is 3.83. The van der Waals surface area contributed by atoms with Crippen molar-refractivity contribution in [1.82, 2.24) is 0 Å². The van der Waals surface area contributed by atoms with Gasteiger partial charge >= 0.3 is 93.0 Å². The molecule has 10 nitrogen and oxygen atoms in total. The standard InChI is InChI=1S/C6H8O7.AsH3O3.2Na/c7-3(8)1-6(13,5(11)12)2-4(9)10;2-1(3)4;;/h13H,1-2H2,(H,7,8)(H,9,10)(H,11,12);2-4H;;/q;;2*+1/p-2. The van der Waals surface area contributed by atoms with E-state index in [9.17, 15) is 24.6 Å². The van der Waals surface area contributed by atoms with Gasteiger partial charge in [0, 0.05) is 24.8 Å². The average Bonchev–Trinajstić information content (AvgIpc) is 1.98. The second-order valence-electron chi connectivity index (χ2n) is 2.70. The van der Waals surface area contributed by atoms with Crippen LogP contribution in [0.5, 0.6) is 0 Å². The summed E-state index contributed by atoms with van der Waals surface area (Å²) in [5.74, 6) is -5.65. The summed E-state index contributed by atoms with van der Waals surface area (Å²) in [6.45, 7) is 0. The minimum atomic E-state index is -3.19. The fourth-order valence-electron chi connectivity index (χ4n) is 0.691. The molecule has 0 aliphatic rings. The number of carbonyl (C=O) groups is 3. The van der Waals surface area contributed by atoms with Gasteiger partial charge in [-0.1, -0.05) is 0 Å². The van der Waals surface area contributed by atoms with E-state index in [2.05, 4.69) is 0 Å². The molecule has 13 heteroatoms. The molecule has 0 atom stereocenters. The number of rotatable bonds is 5. The number of aliphatic carboxylic acids is 3. The summed E-state index contributed by atoms with van der Waals surface area (Å²) in [4.78, 5) is 30.2. The zero-order valence-corrected chi connectivity index (χ0v) is 16.0. The summed E-state index contributed by atoms with van der Waals surface area (Å²) in [6, 6.07) is 0. The maximum absolute atomic E-state index is 10.3. The summed E-state index contributed by atoms with van der Waals surface area (Å²) in [6.07, 6.45) is -2.59. The first kappa shape index (κ1) is 28.0. The van der Waals surface area contributed by atoms with Crippen LogP contribution in [0.25, 0.3) is 0 Å². The van der Waals surface area contributed by atoms with Crippen molar-refractivity contribution in [3.05, 3.63) is 0 Å². The van der Waals surface area contributed by atoms with E-state index in [0.29, 0.717) is 0 Å². The van der Waals surface area contributed by atoms with Crippen molar-refractivity contribution in [3.8, 4) is 0 Å². The van der Waals surface area contributed by atoms with Crippen LogP contribution in [0.4, 0.5) is 0 Å². The zero-order chi connectivity index (χ0) is 14.2. The molecule has 0 rings (SSSR count). The first-order valence-electron chi connectivity index (χ1n) is 3.73. The minimum Gasteiger partial charge on any atom is 1.00 e. The number of hydrogen-bond donors (Lipinski definition) is 5. The molecule has 0 spiro atoms. The van der Waals surface area contributed by atoms with Gasteiger partial charge < -0.3 is 30.0 Å². The molecule has 0 aromatic carbocycles. The summed E-state index contributed by atoms with van der Waals surface area (Å²) < 4.78 is 21.9. The topological polar surface area (TPSA) is 198 Å². The molecule has 0 aromatic rings. The summed E-state index contributed by atoms with van der Waals surface area (Å²) in [5, 5.41) is 37.2. The fourth-order valence-corrected chi connectivity index (χ4v) is 0.691. The van der Waals surface area contributed by atoms with Crippen LogP contribution in [0.2, 0.25) is 0 Å². The zero-order valence-electron chi connectivity index (χ0n) is 10.1. The van der Waals surface area contributed by atoms with E-state index < -0.39 is 52.0 Å². The van der Waals surface area contributed by atoms with Crippen molar-refractivity contribution in [1.29, 1.82) is 0 Å². The van der Waals surface area contributed by atoms with Crippen LogP contribution >= 0.6 is 0 Å². The van der Waals surface area contributed by atoms with E-state index in [0.717, 1.165) is 0 Å². The molecule has 0 fully saturated rings. The van der Waals surface area contributed by atoms with Gasteiger partial charge in [-0.15, -0.1) is 0 Å². The Kier molecular flexibility index (Phi) is 20.3. The van der Waals surface area contributed by atoms with Crippen LogP contribution in [-0.2, 0) is 14.4 Å². The van der Waals surface area contributed by atoms with Crippen molar-refractivity contribution in [2.45, 2.75) is 18.4 Å². The van der Waals surface area contributed by atoms with Crippen LogP contribution in [-0.4, -0.2) is 61.7 Å². The third-order valence-corrected chi connectivity index (χ3v) is 1.27. The molecule has 5 N–H and O–H groups in total. The molecule has 0 heterocycles. The van der Waals surface area contributed by atoms with E-state index in [1.807, 2.05) is 0 Å². The van der Waals surface area contributed by atoms with Crippen LogP contribution < -0.4 is 69.3 Å². The molecule has 0 bridgehead atoms. The van der Waals surface area contributed by atoms with Gasteiger partial charge in [0.2, 0.25) is 0 Å². The smallest absolute Gasteiger partial charge is 1.00 e. The third-order valence-electron chi connectivity index (χ3n) is 1.27. The number of carboxylic acid groups (broad SMARTS) is 3. The van der Waals surface area contributed by atoms with Gasteiger partial charge in [-0.25, -0.2) is 4.79 Å². The first-order chi connectivity index (χ1) is 7.51. The van der Waals surface area contributed by atoms with E-state index in [4.69, 9.17) is 22.5 Å². The van der Waals surface area contributed by atoms with Crippen molar-refractivity contribution in [2.24, 2.45) is 0 Å². The van der Waals surface area contributed by atoms with Gasteiger partial charge in [0.15, 0.2) is 5.60 Å². The van der Waals surface area contributed by atoms with Crippen LogP contribution in [0.1, 0.15) is 12.8 Å².